The standard InChI is InChI=1S/C23H35F2N3.C11H19N.C3H6.C2H4.CH2O/c1-16(2)20(6)28-13-11-27(12-14-28)15-17(3)26-19(5)21-9-8-10-22(18(21)4)23(7,24)25;1-9(2)12-10(3)11-7-5-4-6-8-11;1-3-2;2*1-2/h8-10,17,26H,5,11-15H2,1-4,6-7H3;11-12H,1,3-8H2,2H3;3H,1H2,2H3;1-2H2;1H2/t17-;;;;/m0..../s1. The van der Waals surface area contributed by atoms with Crippen molar-refractivity contribution in [2.24, 2.45) is 5.92 Å². The molecule has 1 aromatic carbocycles. The van der Waals surface area contributed by atoms with Gasteiger partial charge >= 0.3 is 0 Å². The van der Waals surface area contributed by atoms with Gasteiger partial charge in [0.1, 0.15) is 6.79 Å². The highest BCUT2D eigenvalue weighted by atomic mass is 19.3. The van der Waals surface area contributed by atoms with Gasteiger partial charge in [0.2, 0.25) is 0 Å². The van der Waals surface area contributed by atoms with Crippen LogP contribution < -0.4 is 10.6 Å². The Labute approximate surface area is 287 Å². The lowest BCUT2D eigenvalue weighted by atomic mass is 9.87. The van der Waals surface area contributed by atoms with E-state index in [0.717, 1.165) is 50.9 Å². The quantitative estimate of drug-likeness (QED) is 0.246. The van der Waals surface area contributed by atoms with Crippen molar-refractivity contribution in [3.63, 3.8) is 0 Å². The second-order valence-electron chi connectivity index (χ2n) is 12.4. The van der Waals surface area contributed by atoms with Crippen molar-refractivity contribution in [3.05, 3.63) is 103 Å². The maximum atomic E-state index is 13.8. The zero-order chi connectivity index (χ0) is 36.7. The predicted octanol–water partition coefficient (Wildman–Crippen LogP) is 10.0. The van der Waals surface area contributed by atoms with Gasteiger partial charge in [-0.1, -0.05) is 68.8 Å². The van der Waals surface area contributed by atoms with Crippen LogP contribution in [0.2, 0.25) is 0 Å². The molecule has 0 unspecified atom stereocenters. The monoisotopic (exact) mass is 657 g/mol. The van der Waals surface area contributed by atoms with Crippen molar-refractivity contribution in [1.29, 1.82) is 0 Å². The first-order valence-corrected chi connectivity index (χ1v) is 16.6. The van der Waals surface area contributed by atoms with E-state index in [0.29, 0.717) is 17.2 Å². The van der Waals surface area contributed by atoms with Gasteiger partial charge in [0.05, 0.1) is 0 Å². The molecule has 0 radical (unpaired) electrons. The molecule has 0 spiro atoms. The maximum Gasteiger partial charge on any atom is 0.270 e. The SMILES string of the molecule is C=C.C=C(C)NC(=C)C1CCCCC1.C=C(N[C@@H](C)CN1CCN(C(C)=C(C)C)CC1)c1cccc(C(C)(F)F)c1C.C=CC.C=O. The first kappa shape index (κ1) is 45.7. The molecule has 7 heteroatoms. The van der Waals surface area contributed by atoms with Crippen LogP contribution >= 0.6 is 0 Å². The van der Waals surface area contributed by atoms with Gasteiger partial charge in [0.15, 0.2) is 0 Å². The minimum Gasteiger partial charge on any atom is -0.381 e. The summed E-state index contributed by atoms with van der Waals surface area (Å²) in [5.41, 5.74) is 7.03. The molecule has 1 saturated carbocycles. The number of nitrogens with zero attached hydrogens (tertiary/aromatic N) is 2. The van der Waals surface area contributed by atoms with E-state index < -0.39 is 5.92 Å². The number of carbonyl (C=O) groups is 1. The average Bonchev–Trinajstić information content (AvgIpc) is 3.03. The van der Waals surface area contributed by atoms with Gasteiger partial charge in [-0.15, -0.1) is 19.7 Å². The topological polar surface area (TPSA) is 47.6 Å². The Hall–Kier alpha value is -3.45. The molecule has 1 heterocycles. The highest BCUT2D eigenvalue weighted by molar-refractivity contribution is 5.66. The summed E-state index contributed by atoms with van der Waals surface area (Å²) in [7, 11) is 0. The lowest BCUT2D eigenvalue weighted by Gasteiger charge is -2.38. The Morgan fingerprint density at radius 1 is 1.00 bits per heavy atom. The van der Waals surface area contributed by atoms with E-state index in [9.17, 15) is 8.78 Å². The zero-order valence-corrected chi connectivity index (χ0v) is 31.0. The number of nitrogens with one attached hydrogen (secondary N) is 2. The fourth-order valence-electron chi connectivity index (χ4n) is 5.66. The number of benzene rings is 1. The summed E-state index contributed by atoms with van der Waals surface area (Å²) in [6.45, 7) is 43.5. The predicted molar refractivity (Wildman–Crippen MR) is 202 cm³/mol. The molecule has 1 aromatic rings. The van der Waals surface area contributed by atoms with Gasteiger partial charge in [-0.05, 0) is 72.8 Å². The fourth-order valence-corrected chi connectivity index (χ4v) is 5.66. The third-order valence-electron chi connectivity index (χ3n) is 8.13. The van der Waals surface area contributed by atoms with Crippen LogP contribution in [-0.4, -0.2) is 55.4 Å². The molecule has 47 heavy (non-hydrogen) atoms. The van der Waals surface area contributed by atoms with Crippen molar-refractivity contribution >= 4 is 12.5 Å². The molecule has 1 saturated heterocycles. The summed E-state index contributed by atoms with van der Waals surface area (Å²) in [4.78, 5) is 12.9. The molecular formula is C40H66F2N4O. The summed E-state index contributed by atoms with van der Waals surface area (Å²) < 4.78 is 27.6. The number of halogens is 2. The first-order valence-electron chi connectivity index (χ1n) is 16.6. The Morgan fingerprint density at radius 2 is 1.51 bits per heavy atom. The minimum atomic E-state index is -2.85. The number of hydrogen-bond acceptors (Lipinski definition) is 5. The lowest BCUT2D eigenvalue weighted by Crippen LogP contribution is -2.49. The van der Waals surface area contributed by atoms with Gasteiger partial charge < -0.3 is 20.3 Å². The third-order valence-corrected chi connectivity index (χ3v) is 8.13. The molecule has 2 N–H and O–H groups in total. The van der Waals surface area contributed by atoms with Crippen LogP contribution in [0, 0.1) is 12.8 Å². The number of hydrogen-bond donors (Lipinski definition) is 2. The van der Waals surface area contributed by atoms with Gasteiger partial charge in [-0.2, -0.15) is 0 Å². The zero-order valence-electron chi connectivity index (χ0n) is 31.0. The van der Waals surface area contributed by atoms with Crippen LogP contribution in [-0.2, 0) is 10.7 Å². The van der Waals surface area contributed by atoms with Crippen molar-refractivity contribution in [3.8, 4) is 0 Å². The van der Waals surface area contributed by atoms with Crippen LogP contribution in [0.3, 0.4) is 0 Å². The molecule has 1 atom stereocenters. The van der Waals surface area contributed by atoms with E-state index in [1.54, 1.807) is 19.1 Å². The van der Waals surface area contributed by atoms with Gasteiger partial charge in [0, 0.05) is 79.6 Å². The molecular weight excluding hydrogens is 590 g/mol. The van der Waals surface area contributed by atoms with Gasteiger partial charge in [-0.25, -0.2) is 8.78 Å². The number of allylic oxidation sites excluding steroid dienone is 5. The van der Waals surface area contributed by atoms with Gasteiger partial charge in [0.25, 0.3) is 5.92 Å². The molecule has 2 fully saturated rings. The number of carbonyl (C=O) groups excluding carboxylic acids is 1. The van der Waals surface area contributed by atoms with Crippen LogP contribution in [0.1, 0.15) is 97.3 Å². The summed E-state index contributed by atoms with van der Waals surface area (Å²) in [6.07, 6.45) is 8.48. The fraction of sp³-hybridized carbons (Fsp3) is 0.525. The lowest BCUT2D eigenvalue weighted by molar-refractivity contribution is -0.0980. The normalized spacial score (nSPS) is 15.1. The molecule has 3 rings (SSSR count). The van der Waals surface area contributed by atoms with E-state index in [4.69, 9.17) is 4.79 Å². The van der Waals surface area contributed by atoms with E-state index >= 15 is 0 Å². The molecule has 0 bridgehead atoms. The maximum absolute atomic E-state index is 13.8. The molecule has 1 aliphatic heterocycles. The molecule has 5 nitrogen and oxygen atoms in total. The summed E-state index contributed by atoms with van der Waals surface area (Å²) in [5, 5.41) is 6.63. The summed E-state index contributed by atoms with van der Waals surface area (Å²) in [5.74, 6) is -2.16. The second kappa shape index (κ2) is 24.7. The summed E-state index contributed by atoms with van der Waals surface area (Å²) >= 11 is 0. The van der Waals surface area contributed by atoms with Crippen LogP contribution in [0.4, 0.5) is 8.78 Å². The van der Waals surface area contributed by atoms with Crippen LogP contribution in [0.25, 0.3) is 5.70 Å². The number of alkyl halides is 2. The number of piperazine rings is 1. The molecule has 2 aliphatic rings. The van der Waals surface area contributed by atoms with Crippen molar-refractivity contribution in [2.75, 3.05) is 32.7 Å². The largest absolute Gasteiger partial charge is 0.381 e. The molecule has 266 valence electrons. The van der Waals surface area contributed by atoms with Crippen LogP contribution in [0.15, 0.2) is 86.4 Å². The first-order chi connectivity index (χ1) is 22.1. The van der Waals surface area contributed by atoms with E-state index in [1.807, 2.05) is 26.7 Å². The molecule has 1 aliphatic carbocycles. The highest BCUT2D eigenvalue weighted by Crippen LogP contribution is 2.32. The van der Waals surface area contributed by atoms with Crippen molar-refractivity contribution in [1.82, 2.24) is 20.4 Å². The van der Waals surface area contributed by atoms with Crippen molar-refractivity contribution in [2.45, 2.75) is 99.5 Å². The second-order valence-corrected chi connectivity index (χ2v) is 12.4. The third kappa shape index (κ3) is 17.9. The van der Waals surface area contributed by atoms with E-state index in [1.165, 1.54) is 55.1 Å². The minimum absolute atomic E-state index is 0.0615. The highest BCUT2D eigenvalue weighted by Gasteiger charge is 2.27. The Kier molecular flexibility index (Phi) is 24.0. The molecule has 0 aromatic heterocycles. The van der Waals surface area contributed by atoms with Gasteiger partial charge in [-0.3, -0.25) is 4.90 Å². The average molecular weight is 657 g/mol. The van der Waals surface area contributed by atoms with E-state index in [-0.39, 0.29) is 11.6 Å². The smallest absolute Gasteiger partial charge is 0.270 e. The Balaban J connectivity index is 0. The summed E-state index contributed by atoms with van der Waals surface area (Å²) in [6, 6.07) is 5.21. The van der Waals surface area contributed by atoms with Crippen LogP contribution in [0.5, 0.6) is 0 Å². The molecule has 0 amide bonds. The number of rotatable bonds is 10. The Morgan fingerprint density at radius 3 is 1.96 bits per heavy atom. The Bertz CT molecular complexity index is 1120. The van der Waals surface area contributed by atoms with E-state index in [2.05, 4.69) is 87.6 Å². The van der Waals surface area contributed by atoms with Crippen molar-refractivity contribution < 1.29 is 13.6 Å².